The molecular formula is C20H25N3O2. The van der Waals surface area contributed by atoms with Crippen LogP contribution in [-0.2, 0) is 4.79 Å². The highest BCUT2D eigenvalue weighted by atomic mass is 16.2. The molecule has 1 atom stereocenters. The average molecular weight is 339 g/mol. The van der Waals surface area contributed by atoms with E-state index in [0.717, 1.165) is 11.1 Å². The number of nitrogens with one attached hydrogen (secondary N) is 2. The molecule has 0 aliphatic carbocycles. The lowest BCUT2D eigenvalue weighted by Gasteiger charge is -2.25. The van der Waals surface area contributed by atoms with E-state index >= 15 is 0 Å². The fourth-order valence-electron chi connectivity index (χ4n) is 2.55. The van der Waals surface area contributed by atoms with E-state index in [9.17, 15) is 9.59 Å². The van der Waals surface area contributed by atoms with Crippen LogP contribution in [0.4, 0.5) is 10.5 Å². The topological polar surface area (TPSA) is 61.4 Å². The lowest BCUT2D eigenvalue weighted by molar-refractivity contribution is -0.131. The monoisotopic (exact) mass is 339 g/mol. The summed E-state index contributed by atoms with van der Waals surface area (Å²) in [5.74, 6) is -0.133. The highest BCUT2D eigenvalue weighted by molar-refractivity contribution is 5.97. The zero-order chi connectivity index (χ0) is 18.4. The number of rotatable bonds is 5. The Labute approximate surface area is 149 Å². The molecule has 0 heterocycles. The van der Waals surface area contributed by atoms with Crippen LogP contribution in [0.5, 0.6) is 0 Å². The number of carbonyl (C=O) groups is 2. The predicted octanol–water partition coefficient (Wildman–Crippen LogP) is 3.59. The number of nitrogens with zero attached hydrogens (tertiary/aromatic N) is 1. The van der Waals surface area contributed by atoms with Crippen molar-refractivity contribution in [3.63, 3.8) is 0 Å². The van der Waals surface area contributed by atoms with Gasteiger partial charge in [0.05, 0.1) is 5.69 Å². The van der Waals surface area contributed by atoms with Crippen LogP contribution in [0.15, 0.2) is 54.6 Å². The molecular weight excluding hydrogens is 314 g/mol. The standard InChI is InChI=1S/C20H25N3O2/c1-14(2)18(19(24)23(3)4)22-20(25)21-17-13-9-8-12-16(17)15-10-6-5-7-11-15/h5-14,18H,1-4H3,(H2,21,22,25)/t18-/m0/s1. The molecule has 0 fully saturated rings. The number of carbonyl (C=O) groups excluding carboxylic acids is 2. The molecule has 5 heteroatoms. The van der Waals surface area contributed by atoms with E-state index in [0.29, 0.717) is 5.69 Å². The Balaban J connectivity index is 2.17. The van der Waals surface area contributed by atoms with Crippen LogP contribution in [0.1, 0.15) is 13.8 Å². The predicted molar refractivity (Wildman–Crippen MR) is 101 cm³/mol. The van der Waals surface area contributed by atoms with E-state index in [1.54, 1.807) is 14.1 Å². The second-order valence-corrected chi connectivity index (χ2v) is 6.46. The van der Waals surface area contributed by atoms with Crippen molar-refractivity contribution in [3.8, 4) is 11.1 Å². The third kappa shape index (κ3) is 4.83. The number of benzene rings is 2. The molecule has 3 amide bonds. The molecule has 0 bridgehead atoms. The number of anilines is 1. The van der Waals surface area contributed by atoms with Crippen LogP contribution >= 0.6 is 0 Å². The zero-order valence-electron chi connectivity index (χ0n) is 15.1. The first-order valence-corrected chi connectivity index (χ1v) is 8.33. The van der Waals surface area contributed by atoms with Crippen molar-refractivity contribution in [3.05, 3.63) is 54.6 Å². The average Bonchev–Trinajstić information content (AvgIpc) is 2.60. The van der Waals surface area contributed by atoms with Crippen LogP contribution in [0.3, 0.4) is 0 Å². The number of amides is 3. The van der Waals surface area contributed by atoms with Gasteiger partial charge >= 0.3 is 6.03 Å². The second kappa shape index (κ2) is 8.33. The molecule has 132 valence electrons. The molecule has 25 heavy (non-hydrogen) atoms. The van der Waals surface area contributed by atoms with E-state index in [1.807, 2.05) is 68.4 Å². The van der Waals surface area contributed by atoms with E-state index < -0.39 is 12.1 Å². The van der Waals surface area contributed by atoms with Gasteiger partial charge in [-0.3, -0.25) is 4.79 Å². The maximum absolute atomic E-state index is 12.4. The van der Waals surface area contributed by atoms with Crippen molar-refractivity contribution in [2.24, 2.45) is 5.92 Å². The molecule has 2 aromatic rings. The minimum Gasteiger partial charge on any atom is -0.347 e. The zero-order valence-corrected chi connectivity index (χ0v) is 15.1. The molecule has 2 aromatic carbocycles. The Morgan fingerprint density at radius 2 is 1.52 bits per heavy atom. The summed E-state index contributed by atoms with van der Waals surface area (Å²) in [7, 11) is 3.37. The van der Waals surface area contributed by atoms with Crippen molar-refractivity contribution >= 4 is 17.6 Å². The first-order chi connectivity index (χ1) is 11.9. The SMILES string of the molecule is CC(C)[C@H](NC(=O)Nc1ccccc1-c1ccccc1)C(=O)N(C)C. The van der Waals surface area contributed by atoms with Gasteiger partial charge in [0.1, 0.15) is 6.04 Å². The largest absolute Gasteiger partial charge is 0.347 e. The minimum atomic E-state index is -0.570. The molecule has 0 radical (unpaired) electrons. The molecule has 0 aromatic heterocycles. The van der Waals surface area contributed by atoms with Gasteiger partial charge in [0.25, 0.3) is 0 Å². The Bertz CT molecular complexity index is 727. The Morgan fingerprint density at radius 1 is 0.920 bits per heavy atom. The summed E-state index contributed by atoms with van der Waals surface area (Å²) in [6, 6.07) is 16.5. The highest BCUT2D eigenvalue weighted by Gasteiger charge is 2.25. The van der Waals surface area contributed by atoms with Gasteiger partial charge in [-0.1, -0.05) is 62.4 Å². The molecule has 5 nitrogen and oxygen atoms in total. The lowest BCUT2D eigenvalue weighted by atomic mass is 10.0. The van der Waals surface area contributed by atoms with Crippen LogP contribution in [0, 0.1) is 5.92 Å². The van der Waals surface area contributed by atoms with Crippen LogP contribution < -0.4 is 10.6 Å². The van der Waals surface area contributed by atoms with Crippen molar-refractivity contribution in [2.75, 3.05) is 19.4 Å². The van der Waals surface area contributed by atoms with Gasteiger partial charge in [0.15, 0.2) is 0 Å². The molecule has 0 aliphatic rings. The van der Waals surface area contributed by atoms with Crippen LogP contribution in [0.2, 0.25) is 0 Å². The normalized spacial score (nSPS) is 11.7. The van der Waals surface area contributed by atoms with Crippen molar-refractivity contribution in [1.82, 2.24) is 10.2 Å². The fourth-order valence-corrected chi connectivity index (χ4v) is 2.55. The van der Waals surface area contributed by atoms with Gasteiger partial charge < -0.3 is 15.5 Å². The molecule has 0 spiro atoms. The summed E-state index contributed by atoms with van der Waals surface area (Å²) in [4.78, 5) is 26.2. The number of urea groups is 1. The number of hydrogen-bond donors (Lipinski definition) is 2. The van der Waals surface area contributed by atoms with Gasteiger partial charge in [-0.15, -0.1) is 0 Å². The fraction of sp³-hybridized carbons (Fsp3) is 0.300. The first kappa shape index (κ1) is 18.5. The number of hydrogen-bond acceptors (Lipinski definition) is 2. The lowest BCUT2D eigenvalue weighted by Crippen LogP contribution is -2.50. The summed E-state index contributed by atoms with van der Waals surface area (Å²) in [6.45, 7) is 3.81. The Kier molecular flexibility index (Phi) is 6.17. The summed E-state index contributed by atoms with van der Waals surface area (Å²) >= 11 is 0. The van der Waals surface area contributed by atoms with E-state index in [1.165, 1.54) is 4.90 Å². The second-order valence-electron chi connectivity index (χ2n) is 6.46. The molecule has 0 aliphatic heterocycles. The van der Waals surface area contributed by atoms with Crippen LogP contribution in [-0.4, -0.2) is 37.0 Å². The third-order valence-electron chi connectivity index (χ3n) is 3.92. The Morgan fingerprint density at radius 3 is 2.12 bits per heavy atom. The van der Waals surface area contributed by atoms with E-state index in [4.69, 9.17) is 0 Å². The number of para-hydroxylation sites is 1. The first-order valence-electron chi connectivity index (χ1n) is 8.33. The van der Waals surface area contributed by atoms with Gasteiger partial charge in [-0.2, -0.15) is 0 Å². The van der Waals surface area contributed by atoms with Gasteiger partial charge in [-0.25, -0.2) is 4.79 Å². The van der Waals surface area contributed by atoms with E-state index in [2.05, 4.69) is 10.6 Å². The molecule has 2 N–H and O–H groups in total. The van der Waals surface area contributed by atoms with Crippen LogP contribution in [0.25, 0.3) is 11.1 Å². The quantitative estimate of drug-likeness (QED) is 0.874. The molecule has 2 rings (SSSR count). The van der Waals surface area contributed by atoms with Crippen molar-refractivity contribution < 1.29 is 9.59 Å². The Hall–Kier alpha value is -2.82. The highest BCUT2D eigenvalue weighted by Crippen LogP contribution is 2.27. The molecule has 0 unspecified atom stereocenters. The smallest absolute Gasteiger partial charge is 0.319 e. The maximum Gasteiger partial charge on any atom is 0.319 e. The maximum atomic E-state index is 12.4. The summed E-state index contributed by atoms with van der Waals surface area (Å²) in [6.07, 6.45) is 0. The molecule has 0 saturated carbocycles. The van der Waals surface area contributed by atoms with Gasteiger partial charge in [0, 0.05) is 19.7 Å². The van der Waals surface area contributed by atoms with Crippen molar-refractivity contribution in [2.45, 2.75) is 19.9 Å². The van der Waals surface area contributed by atoms with Crippen molar-refractivity contribution in [1.29, 1.82) is 0 Å². The minimum absolute atomic E-state index is 0.00924. The number of likely N-dealkylation sites (N-methyl/N-ethyl adjacent to an activating group) is 1. The summed E-state index contributed by atoms with van der Waals surface area (Å²) in [5, 5.41) is 5.65. The molecule has 0 saturated heterocycles. The summed E-state index contributed by atoms with van der Waals surface area (Å²) in [5.41, 5.74) is 2.65. The van der Waals surface area contributed by atoms with Gasteiger partial charge in [0.2, 0.25) is 5.91 Å². The summed E-state index contributed by atoms with van der Waals surface area (Å²) < 4.78 is 0. The van der Waals surface area contributed by atoms with E-state index in [-0.39, 0.29) is 11.8 Å². The third-order valence-corrected chi connectivity index (χ3v) is 3.92. The van der Waals surface area contributed by atoms with Gasteiger partial charge in [-0.05, 0) is 17.5 Å².